The van der Waals surface area contributed by atoms with Crippen LogP contribution in [-0.2, 0) is 9.53 Å². The summed E-state index contributed by atoms with van der Waals surface area (Å²) in [6.07, 6.45) is 0.624. The molecule has 2 unspecified atom stereocenters. The molecule has 0 spiro atoms. The Bertz CT molecular complexity index is 292. The number of hydrogen-bond donors (Lipinski definition) is 2. The van der Waals surface area contributed by atoms with Crippen LogP contribution in [-0.4, -0.2) is 30.2 Å². The van der Waals surface area contributed by atoms with E-state index < -0.39 is 0 Å². The van der Waals surface area contributed by atoms with Gasteiger partial charge in [0.1, 0.15) is 6.10 Å². The molecule has 1 saturated heterocycles. The SMILES string of the molecule is CC1CCOC1C(=O)NCC(C)(C)C(N)=S. The van der Waals surface area contributed by atoms with E-state index >= 15 is 0 Å². The van der Waals surface area contributed by atoms with E-state index in [0.717, 1.165) is 6.42 Å². The Balaban J connectivity index is 2.44. The molecule has 0 aromatic heterocycles. The standard InChI is InChI=1S/C11H20N2O2S/c1-7-4-5-15-8(7)9(14)13-6-11(2,3)10(12)16/h7-8H,4-6H2,1-3H3,(H2,12,16)(H,13,14). The molecule has 2 atom stereocenters. The van der Waals surface area contributed by atoms with Gasteiger partial charge in [0.15, 0.2) is 0 Å². The average Bonchev–Trinajstić information content (AvgIpc) is 2.61. The van der Waals surface area contributed by atoms with Gasteiger partial charge in [-0.1, -0.05) is 33.0 Å². The number of carbonyl (C=O) groups is 1. The van der Waals surface area contributed by atoms with Gasteiger partial charge in [0.25, 0.3) is 0 Å². The number of nitrogens with one attached hydrogen (secondary N) is 1. The summed E-state index contributed by atoms with van der Waals surface area (Å²) < 4.78 is 5.38. The van der Waals surface area contributed by atoms with Crippen LogP contribution in [0.3, 0.4) is 0 Å². The van der Waals surface area contributed by atoms with Gasteiger partial charge in [0, 0.05) is 18.6 Å². The van der Waals surface area contributed by atoms with Crippen molar-refractivity contribution >= 4 is 23.1 Å². The Morgan fingerprint density at radius 1 is 1.62 bits per heavy atom. The first-order valence-corrected chi connectivity index (χ1v) is 5.94. The van der Waals surface area contributed by atoms with Crippen molar-refractivity contribution in [2.75, 3.05) is 13.2 Å². The van der Waals surface area contributed by atoms with Gasteiger partial charge in [0.2, 0.25) is 5.91 Å². The molecule has 0 saturated carbocycles. The van der Waals surface area contributed by atoms with Crippen molar-refractivity contribution in [3.8, 4) is 0 Å². The van der Waals surface area contributed by atoms with Crippen LogP contribution in [0.15, 0.2) is 0 Å². The van der Waals surface area contributed by atoms with E-state index in [1.165, 1.54) is 0 Å². The Labute approximate surface area is 102 Å². The third-order valence-corrected chi connectivity index (χ3v) is 3.57. The maximum absolute atomic E-state index is 11.8. The highest BCUT2D eigenvalue weighted by atomic mass is 32.1. The van der Waals surface area contributed by atoms with Crippen LogP contribution < -0.4 is 11.1 Å². The number of thiocarbonyl (C=S) groups is 1. The first kappa shape index (κ1) is 13.4. The highest BCUT2D eigenvalue weighted by Gasteiger charge is 2.32. The summed E-state index contributed by atoms with van der Waals surface area (Å²) in [5.74, 6) is 0.224. The molecule has 0 aromatic carbocycles. The van der Waals surface area contributed by atoms with Crippen molar-refractivity contribution in [2.24, 2.45) is 17.1 Å². The molecule has 3 N–H and O–H groups in total. The van der Waals surface area contributed by atoms with Crippen LogP contribution in [0.25, 0.3) is 0 Å². The van der Waals surface area contributed by atoms with Crippen LogP contribution in [0.2, 0.25) is 0 Å². The molecule has 16 heavy (non-hydrogen) atoms. The Morgan fingerprint density at radius 2 is 2.25 bits per heavy atom. The predicted octanol–water partition coefficient (Wildman–Crippen LogP) is 0.840. The van der Waals surface area contributed by atoms with Crippen molar-refractivity contribution in [3.63, 3.8) is 0 Å². The minimum atomic E-state index is -0.354. The largest absolute Gasteiger partial charge is 0.393 e. The van der Waals surface area contributed by atoms with E-state index in [0.29, 0.717) is 18.1 Å². The van der Waals surface area contributed by atoms with Crippen molar-refractivity contribution in [1.29, 1.82) is 0 Å². The van der Waals surface area contributed by atoms with Gasteiger partial charge < -0.3 is 15.8 Å². The Kier molecular flexibility index (Phi) is 4.27. The van der Waals surface area contributed by atoms with Crippen LogP contribution in [0.1, 0.15) is 27.2 Å². The third-order valence-electron chi connectivity index (χ3n) is 3.02. The fraction of sp³-hybridized carbons (Fsp3) is 0.818. The van der Waals surface area contributed by atoms with Gasteiger partial charge in [-0.2, -0.15) is 0 Å². The maximum Gasteiger partial charge on any atom is 0.249 e. The number of rotatable bonds is 4. The molecule has 1 aliphatic heterocycles. The number of hydrogen-bond acceptors (Lipinski definition) is 3. The highest BCUT2D eigenvalue weighted by Crippen LogP contribution is 2.20. The van der Waals surface area contributed by atoms with E-state index in [1.807, 2.05) is 20.8 Å². The second kappa shape index (κ2) is 5.10. The fourth-order valence-electron chi connectivity index (χ4n) is 1.53. The number of amides is 1. The summed E-state index contributed by atoms with van der Waals surface area (Å²) in [5.41, 5.74) is 5.23. The number of nitrogens with two attached hydrogens (primary N) is 1. The minimum absolute atomic E-state index is 0.0608. The van der Waals surface area contributed by atoms with Crippen LogP contribution in [0.5, 0.6) is 0 Å². The molecule has 92 valence electrons. The van der Waals surface area contributed by atoms with E-state index in [-0.39, 0.29) is 23.3 Å². The molecule has 0 aromatic rings. The minimum Gasteiger partial charge on any atom is -0.393 e. The van der Waals surface area contributed by atoms with E-state index in [2.05, 4.69) is 5.32 Å². The lowest BCUT2D eigenvalue weighted by atomic mass is 9.93. The molecule has 4 nitrogen and oxygen atoms in total. The van der Waals surface area contributed by atoms with Crippen molar-refractivity contribution in [3.05, 3.63) is 0 Å². The molecule has 1 rings (SSSR count). The second-order valence-electron chi connectivity index (χ2n) is 5.02. The van der Waals surface area contributed by atoms with Gasteiger partial charge in [-0.3, -0.25) is 4.79 Å². The summed E-state index contributed by atoms with van der Waals surface area (Å²) in [6, 6.07) is 0. The van der Waals surface area contributed by atoms with Crippen molar-refractivity contribution in [1.82, 2.24) is 5.32 Å². The molecular weight excluding hydrogens is 224 g/mol. The lowest BCUT2D eigenvalue weighted by molar-refractivity contribution is -0.131. The molecule has 1 amide bonds. The summed E-state index contributed by atoms with van der Waals surface area (Å²) in [4.78, 5) is 12.2. The Morgan fingerprint density at radius 3 is 2.69 bits per heavy atom. The molecule has 5 heteroatoms. The lowest BCUT2D eigenvalue weighted by Crippen LogP contribution is -2.45. The first-order chi connectivity index (χ1) is 7.34. The molecular formula is C11H20N2O2S. The normalized spacial score (nSPS) is 25.4. The molecule has 1 fully saturated rings. The summed E-state index contributed by atoms with van der Waals surface area (Å²) in [7, 11) is 0. The van der Waals surface area contributed by atoms with Gasteiger partial charge in [-0.15, -0.1) is 0 Å². The van der Waals surface area contributed by atoms with E-state index in [4.69, 9.17) is 22.7 Å². The van der Waals surface area contributed by atoms with Gasteiger partial charge in [-0.25, -0.2) is 0 Å². The maximum atomic E-state index is 11.8. The average molecular weight is 244 g/mol. The van der Waals surface area contributed by atoms with Crippen molar-refractivity contribution in [2.45, 2.75) is 33.3 Å². The summed E-state index contributed by atoms with van der Waals surface area (Å²) >= 11 is 4.94. The molecule has 1 heterocycles. The summed E-state index contributed by atoms with van der Waals surface area (Å²) in [5, 5.41) is 2.85. The predicted molar refractivity (Wildman–Crippen MR) is 67.1 cm³/mol. The fourth-order valence-corrected chi connectivity index (χ4v) is 1.60. The Hall–Kier alpha value is -0.680. The van der Waals surface area contributed by atoms with Gasteiger partial charge >= 0.3 is 0 Å². The third kappa shape index (κ3) is 3.15. The van der Waals surface area contributed by atoms with Gasteiger partial charge in [0.05, 0.1) is 4.99 Å². The smallest absolute Gasteiger partial charge is 0.249 e. The monoisotopic (exact) mass is 244 g/mol. The first-order valence-electron chi connectivity index (χ1n) is 5.54. The zero-order chi connectivity index (χ0) is 12.3. The van der Waals surface area contributed by atoms with Crippen LogP contribution >= 0.6 is 12.2 Å². The van der Waals surface area contributed by atoms with Gasteiger partial charge in [-0.05, 0) is 12.3 Å². The van der Waals surface area contributed by atoms with Crippen LogP contribution in [0.4, 0.5) is 0 Å². The lowest BCUT2D eigenvalue weighted by Gasteiger charge is -2.24. The van der Waals surface area contributed by atoms with Crippen LogP contribution in [0, 0.1) is 11.3 Å². The molecule has 0 radical (unpaired) electrons. The molecule has 0 aliphatic carbocycles. The highest BCUT2D eigenvalue weighted by molar-refractivity contribution is 7.80. The van der Waals surface area contributed by atoms with E-state index in [9.17, 15) is 4.79 Å². The second-order valence-corrected chi connectivity index (χ2v) is 5.46. The molecule has 1 aliphatic rings. The van der Waals surface area contributed by atoms with Crippen molar-refractivity contribution < 1.29 is 9.53 Å². The zero-order valence-electron chi connectivity index (χ0n) is 10.1. The molecule has 0 bridgehead atoms. The zero-order valence-corrected chi connectivity index (χ0v) is 10.9. The summed E-state index contributed by atoms with van der Waals surface area (Å²) in [6.45, 7) is 6.96. The number of carbonyl (C=O) groups excluding carboxylic acids is 1. The quantitative estimate of drug-likeness (QED) is 0.719. The number of ether oxygens (including phenoxy) is 1. The van der Waals surface area contributed by atoms with E-state index in [1.54, 1.807) is 0 Å². The topological polar surface area (TPSA) is 64.3 Å².